The molecule has 0 unspecified atom stereocenters. The molecule has 0 aliphatic carbocycles. The van der Waals surface area contributed by atoms with E-state index in [9.17, 15) is 13.2 Å². The summed E-state index contributed by atoms with van der Waals surface area (Å²) in [7, 11) is 0. The smallest absolute Gasteiger partial charge is 0.380 e. The first kappa shape index (κ1) is 13.8. The third-order valence-electron chi connectivity index (χ3n) is 1.51. The second-order valence-corrected chi connectivity index (χ2v) is 2.92. The van der Waals surface area contributed by atoms with Gasteiger partial charge in [-0.2, -0.15) is 13.2 Å². The minimum atomic E-state index is -4.14. The van der Waals surface area contributed by atoms with E-state index in [0.29, 0.717) is 12.8 Å². The van der Waals surface area contributed by atoms with Crippen molar-refractivity contribution in [2.75, 3.05) is 0 Å². The van der Waals surface area contributed by atoms with Crippen LogP contribution < -0.4 is 0 Å². The van der Waals surface area contributed by atoms with Crippen molar-refractivity contribution in [1.29, 1.82) is 0 Å². The number of alkyl halides is 3. The molecule has 0 aromatic rings. The van der Waals surface area contributed by atoms with Crippen molar-refractivity contribution >= 4 is 0 Å². The molecule has 0 amide bonds. The molecular weight excluding hydrogens is 205 g/mol. The first-order valence-corrected chi connectivity index (χ1v) is 4.46. The van der Waals surface area contributed by atoms with Crippen molar-refractivity contribution in [1.82, 2.24) is 0 Å². The first-order chi connectivity index (χ1) is 6.95. The molecule has 0 aromatic heterocycles. The van der Waals surface area contributed by atoms with Crippen LogP contribution in [0.25, 0.3) is 0 Å². The van der Waals surface area contributed by atoms with Crippen LogP contribution in [-0.4, -0.2) is 17.4 Å². The number of halogens is 3. The molecule has 0 saturated heterocycles. The number of allylic oxidation sites excluding steroid dienone is 3. The van der Waals surface area contributed by atoms with Gasteiger partial charge in [0, 0.05) is 6.42 Å². The summed E-state index contributed by atoms with van der Waals surface area (Å²) in [5.74, 6) is 2.12. The lowest BCUT2D eigenvalue weighted by Gasteiger charge is -1.99. The van der Waals surface area contributed by atoms with Crippen LogP contribution in [0.15, 0.2) is 24.3 Å². The molecule has 15 heavy (non-hydrogen) atoms. The third kappa shape index (κ3) is 10.7. The lowest BCUT2D eigenvalue weighted by molar-refractivity contribution is -0.125. The second kappa shape index (κ2) is 7.13. The van der Waals surface area contributed by atoms with Crippen LogP contribution in [0.1, 0.15) is 19.3 Å². The Hall–Kier alpha value is -1.21. The normalized spacial score (nSPS) is 14.6. The summed E-state index contributed by atoms with van der Waals surface area (Å²) < 4.78 is 35.0. The van der Waals surface area contributed by atoms with Gasteiger partial charge in [0.25, 0.3) is 0 Å². The monoisotopic (exact) mass is 218 g/mol. The Labute approximate surface area is 87.3 Å². The molecule has 0 aliphatic rings. The molecule has 0 radical (unpaired) electrons. The predicted octanol–water partition coefficient (Wildman–Crippen LogP) is 2.83. The Bertz CT molecular complexity index is 258. The summed E-state index contributed by atoms with van der Waals surface area (Å²) in [5.41, 5.74) is 0. The molecule has 4 heteroatoms. The van der Waals surface area contributed by atoms with Crippen LogP contribution in [0.3, 0.4) is 0 Å². The van der Waals surface area contributed by atoms with Gasteiger partial charge in [-0.3, -0.25) is 0 Å². The van der Waals surface area contributed by atoms with Gasteiger partial charge in [0.1, 0.15) is 6.10 Å². The molecule has 0 bridgehead atoms. The van der Waals surface area contributed by atoms with Crippen molar-refractivity contribution in [3.8, 4) is 12.3 Å². The van der Waals surface area contributed by atoms with Gasteiger partial charge >= 0.3 is 6.18 Å². The van der Waals surface area contributed by atoms with Crippen LogP contribution in [0.2, 0.25) is 0 Å². The molecule has 1 nitrogen and oxygen atoms in total. The fourth-order valence-electron chi connectivity index (χ4n) is 0.781. The highest BCUT2D eigenvalue weighted by Gasteiger charge is 2.24. The summed E-state index contributed by atoms with van der Waals surface area (Å²) in [5, 5.41) is 8.91. The number of hydrogen-bond donors (Lipinski definition) is 1. The van der Waals surface area contributed by atoms with Gasteiger partial charge in [0.2, 0.25) is 0 Å². The standard InChI is InChI=1S/C11H13F3O/c1-2-10(15)8-6-4-3-5-7-9-11(12,13)14/h1,4-7,10,15H,3,8-9H2/b6-4-,7-5-/t10-/m1/s1. The number of aliphatic hydroxyl groups excluding tert-OH is 1. The fraction of sp³-hybridized carbons (Fsp3) is 0.455. The zero-order valence-corrected chi connectivity index (χ0v) is 8.17. The fourth-order valence-corrected chi connectivity index (χ4v) is 0.781. The molecule has 0 aliphatic heterocycles. The molecule has 0 saturated carbocycles. The van der Waals surface area contributed by atoms with Crippen LogP contribution >= 0.6 is 0 Å². The lowest BCUT2D eigenvalue weighted by Crippen LogP contribution is -2.03. The Balaban J connectivity index is 3.58. The molecule has 0 spiro atoms. The van der Waals surface area contributed by atoms with Crippen molar-refractivity contribution in [2.24, 2.45) is 0 Å². The average molecular weight is 218 g/mol. The molecule has 0 aromatic carbocycles. The van der Waals surface area contributed by atoms with Crippen LogP contribution in [-0.2, 0) is 0 Å². The van der Waals surface area contributed by atoms with Crippen molar-refractivity contribution in [3.05, 3.63) is 24.3 Å². The summed E-state index contributed by atoms with van der Waals surface area (Å²) in [4.78, 5) is 0. The third-order valence-corrected chi connectivity index (χ3v) is 1.51. The van der Waals surface area contributed by atoms with E-state index < -0.39 is 18.7 Å². The largest absolute Gasteiger partial charge is 0.392 e. The van der Waals surface area contributed by atoms with Crippen LogP contribution in [0.5, 0.6) is 0 Å². The molecule has 1 N–H and O–H groups in total. The van der Waals surface area contributed by atoms with Crippen molar-refractivity contribution in [3.63, 3.8) is 0 Å². The zero-order chi connectivity index (χ0) is 11.7. The molecule has 0 heterocycles. The Morgan fingerprint density at radius 3 is 2.33 bits per heavy atom. The van der Waals surface area contributed by atoms with Gasteiger partial charge in [-0.05, 0) is 6.42 Å². The van der Waals surface area contributed by atoms with Crippen molar-refractivity contribution in [2.45, 2.75) is 31.5 Å². The number of terminal acetylenes is 1. The predicted molar refractivity (Wildman–Crippen MR) is 53.0 cm³/mol. The Morgan fingerprint density at radius 2 is 1.80 bits per heavy atom. The van der Waals surface area contributed by atoms with E-state index in [0.717, 1.165) is 6.08 Å². The van der Waals surface area contributed by atoms with Gasteiger partial charge < -0.3 is 5.11 Å². The number of rotatable bonds is 5. The topological polar surface area (TPSA) is 20.2 Å². The van der Waals surface area contributed by atoms with E-state index in [2.05, 4.69) is 5.92 Å². The minimum absolute atomic E-state index is 0.323. The second-order valence-electron chi connectivity index (χ2n) is 2.92. The maximum Gasteiger partial charge on any atom is 0.392 e. The Kier molecular flexibility index (Phi) is 6.56. The van der Waals surface area contributed by atoms with Crippen LogP contribution in [0.4, 0.5) is 13.2 Å². The summed E-state index contributed by atoms with van der Waals surface area (Å²) in [6.45, 7) is 0. The summed E-state index contributed by atoms with van der Waals surface area (Å²) in [6, 6.07) is 0. The van der Waals surface area contributed by atoms with E-state index in [-0.39, 0.29) is 0 Å². The summed E-state index contributed by atoms with van der Waals surface area (Å²) >= 11 is 0. The van der Waals surface area contributed by atoms with E-state index in [1.165, 1.54) is 6.08 Å². The highest BCUT2D eigenvalue weighted by molar-refractivity contribution is 5.00. The van der Waals surface area contributed by atoms with Gasteiger partial charge in [-0.1, -0.05) is 30.2 Å². The van der Waals surface area contributed by atoms with Crippen LogP contribution in [0, 0.1) is 12.3 Å². The molecular formula is C11H13F3O. The first-order valence-electron chi connectivity index (χ1n) is 4.46. The molecule has 0 fully saturated rings. The van der Waals surface area contributed by atoms with E-state index >= 15 is 0 Å². The van der Waals surface area contributed by atoms with Gasteiger partial charge in [0.05, 0.1) is 6.42 Å². The van der Waals surface area contributed by atoms with E-state index in [1.807, 2.05) is 0 Å². The Morgan fingerprint density at radius 1 is 1.20 bits per heavy atom. The maximum absolute atomic E-state index is 11.7. The minimum Gasteiger partial charge on any atom is -0.380 e. The lowest BCUT2D eigenvalue weighted by atomic mass is 10.2. The van der Waals surface area contributed by atoms with E-state index in [4.69, 9.17) is 11.5 Å². The van der Waals surface area contributed by atoms with Gasteiger partial charge in [0.15, 0.2) is 0 Å². The van der Waals surface area contributed by atoms with Gasteiger partial charge in [-0.15, -0.1) is 6.42 Å². The highest BCUT2D eigenvalue weighted by atomic mass is 19.4. The number of hydrogen-bond acceptors (Lipinski definition) is 1. The highest BCUT2D eigenvalue weighted by Crippen LogP contribution is 2.19. The molecule has 1 atom stereocenters. The number of aliphatic hydroxyl groups is 1. The van der Waals surface area contributed by atoms with Crippen molar-refractivity contribution < 1.29 is 18.3 Å². The van der Waals surface area contributed by atoms with E-state index in [1.54, 1.807) is 12.2 Å². The summed E-state index contributed by atoms with van der Waals surface area (Å²) in [6.07, 6.45) is 5.57. The maximum atomic E-state index is 11.7. The SMILES string of the molecule is C#C[C@@H](O)C/C=C\C/C=C\CC(F)(F)F. The average Bonchev–Trinajstić information content (AvgIpc) is 2.14. The zero-order valence-electron chi connectivity index (χ0n) is 8.17. The molecule has 0 rings (SSSR count). The van der Waals surface area contributed by atoms with Gasteiger partial charge in [-0.25, -0.2) is 0 Å². The molecule has 84 valence electrons. The quantitative estimate of drug-likeness (QED) is 0.555.